The van der Waals surface area contributed by atoms with Crippen LogP contribution in [0.2, 0.25) is 0 Å². The molecule has 0 spiro atoms. The van der Waals surface area contributed by atoms with Crippen molar-refractivity contribution < 1.29 is 18.4 Å². The summed E-state index contributed by atoms with van der Waals surface area (Å²) in [5, 5.41) is 7.65. The highest BCUT2D eigenvalue weighted by atomic mass is 19.1. The lowest BCUT2D eigenvalue weighted by Gasteiger charge is -2.28. The lowest BCUT2D eigenvalue weighted by Crippen LogP contribution is -2.37. The molecule has 1 N–H and O–H groups in total. The molecule has 2 aromatic heterocycles. The second kappa shape index (κ2) is 8.52. The van der Waals surface area contributed by atoms with Gasteiger partial charge in [0.2, 0.25) is 5.91 Å². The van der Waals surface area contributed by atoms with E-state index in [0.29, 0.717) is 37.7 Å². The quantitative estimate of drug-likeness (QED) is 0.679. The standard InChI is InChI=1S/C20H22FN5O3/c1-13-18-19(26-8-10-28-11-9-26)23-16(24-20(18)29-25-13)6-7-17(27)22-12-14-2-4-15(21)5-3-14/h2-5H,6-12H2,1H3,(H,22,27). The van der Waals surface area contributed by atoms with Crippen molar-refractivity contribution >= 4 is 22.8 Å². The van der Waals surface area contributed by atoms with E-state index >= 15 is 0 Å². The van der Waals surface area contributed by atoms with Crippen molar-refractivity contribution in [3.05, 3.63) is 47.2 Å². The Bertz CT molecular complexity index is 999. The maximum absolute atomic E-state index is 12.9. The summed E-state index contributed by atoms with van der Waals surface area (Å²) in [6.45, 7) is 4.94. The molecule has 0 bridgehead atoms. The molecule has 0 radical (unpaired) electrons. The van der Waals surface area contributed by atoms with Crippen LogP contribution < -0.4 is 10.2 Å². The van der Waals surface area contributed by atoms with Gasteiger partial charge in [-0.15, -0.1) is 0 Å². The zero-order chi connectivity index (χ0) is 20.2. The average Bonchev–Trinajstić information content (AvgIpc) is 3.12. The van der Waals surface area contributed by atoms with Gasteiger partial charge in [-0.25, -0.2) is 9.37 Å². The van der Waals surface area contributed by atoms with E-state index in [1.54, 1.807) is 12.1 Å². The molecular weight excluding hydrogens is 377 g/mol. The number of halogens is 1. The smallest absolute Gasteiger partial charge is 0.263 e. The number of fused-ring (bicyclic) bond motifs is 1. The minimum Gasteiger partial charge on any atom is -0.378 e. The molecule has 0 unspecified atom stereocenters. The summed E-state index contributed by atoms with van der Waals surface area (Å²) in [5.74, 6) is 0.886. The van der Waals surface area contributed by atoms with E-state index in [1.807, 2.05) is 6.92 Å². The van der Waals surface area contributed by atoms with Crippen molar-refractivity contribution in [2.45, 2.75) is 26.3 Å². The van der Waals surface area contributed by atoms with Gasteiger partial charge in [-0.05, 0) is 24.6 Å². The van der Waals surface area contributed by atoms with Crippen LogP contribution in [0.3, 0.4) is 0 Å². The molecule has 1 aliphatic rings. The van der Waals surface area contributed by atoms with Crippen LogP contribution in [0.15, 0.2) is 28.8 Å². The van der Waals surface area contributed by atoms with Crippen LogP contribution in [0.25, 0.3) is 11.1 Å². The molecule has 9 heteroatoms. The third kappa shape index (κ3) is 4.51. The Morgan fingerprint density at radius 3 is 2.72 bits per heavy atom. The largest absolute Gasteiger partial charge is 0.378 e. The predicted octanol–water partition coefficient (Wildman–Crippen LogP) is 2.15. The van der Waals surface area contributed by atoms with Gasteiger partial charge in [0.1, 0.15) is 22.8 Å². The fourth-order valence-corrected chi connectivity index (χ4v) is 3.24. The molecule has 1 aliphatic heterocycles. The molecule has 152 valence electrons. The van der Waals surface area contributed by atoms with E-state index in [4.69, 9.17) is 14.2 Å². The number of hydrogen-bond donors (Lipinski definition) is 1. The SMILES string of the molecule is Cc1noc2nc(CCC(=O)NCc3ccc(F)cc3)nc(N3CCOCC3)c12. The number of rotatable bonds is 6. The molecule has 1 amide bonds. The first-order chi connectivity index (χ1) is 14.1. The van der Waals surface area contributed by atoms with Crippen LogP contribution >= 0.6 is 0 Å². The number of nitrogens with one attached hydrogen (secondary N) is 1. The van der Waals surface area contributed by atoms with E-state index in [-0.39, 0.29) is 18.1 Å². The molecule has 0 aliphatic carbocycles. The Balaban J connectivity index is 1.43. The zero-order valence-corrected chi connectivity index (χ0v) is 16.2. The van der Waals surface area contributed by atoms with Crippen LogP contribution in [-0.4, -0.2) is 47.3 Å². The third-order valence-corrected chi connectivity index (χ3v) is 4.82. The van der Waals surface area contributed by atoms with E-state index in [9.17, 15) is 9.18 Å². The van der Waals surface area contributed by atoms with E-state index in [2.05, 4.69) is 20.4 Å². The molecule has 8 nitrogen and oxygen atoms in total. The van der Waals surface area contributed by atoms with Crippen molar-refractivity contribution in [1.29, 1.82) is 0 Å². The van der Waals surface area contributed by atoms with Gasteiger partial charge in [-0.3, -0.25) is 4.79 Å². The molecule has 3 heterocycles. The van der Waals surface area contributed by atoms with Crippen molar-refractivity contribution in [1.82, 2.24) is 20.4 Å². The highest BCUT2D eigenvalue weighted by molar-refractivity contribution is 5.88. The summed E-state index contributed by atoms with van der Waals surface area (Å²) < 4.78 is 23.7. The summed E-state index contributed by atoms with van der Waals surface area (Å²) in [6, 6.07) is 6.04. The Morgan fingerprint density at radius 1 is 1.21 bits per heavy atom. The summed E-state index contributed by atoms with van der Waals surface area (Å²) in [7, 11) is 0. The molecule has 4 rings (SSSR count). The maximum Gasteiger partial charge on any atom is 0.263 e. The number of carbonyl (C=O) groups excluding carboxylic acids is 1. The van der Waals surface area contributed by atoms with Gasteiger partial charge < -0.3 is 19.5 Å². The first kappa shape index (κ1) is 19.3. The van der Waals surface area contributed by atoms with Gasteiger partial charge in [0.15, 0.2) is 0 Å². The number of aryl methyl sites for hydroxylation is 2. The molecule has 0 atom stereocenters. The Kier molecular flexibility index (Phi) is 5.66. The highest BCUT2D eigenvalue weighted by Gasteiger charge is 2.21. The number of ether oxygens (including phenoxy) is 1. The van der Waals surface area contributed by atoms with Gasteiger partial charge in [0.25, 0.3) is 5.71 Å². The number of aromatic nitrogens is 3. The Morgan fingerprint density at radius 2 is 1.97 bits per heavy atom. The highest BCUT2D eigenvalue weighted by Crippen LogP contribution is 2.27. The second-order valence-electron chi connectivity index (χ2n) is 6.91. The van der Waals surface area contributed by atoms with E-state index < -0.39 is 0 Å². The number of benzene rings is 1. The van der Waals surface area contributed by atoms with Gasteiger partial charge in [0.05, 0.1) is 18.9 Å². The van der Waals surface area contributed by atoms with Gasteiger partial charge in [0, 0.05) is 32.5 Å². The second-order valence-corrected chi connectivity index (χ2v) is 6.91. The van der Waals surface area contributed by atoms with Crippen molar-refractivity contribution in [2.75, 3.05) is 31.2 Å². The van der Waals surface area contributed by atoms with Crippen molar-refractivity contribution in [3.8, 4) is 0 Å². The summed E-state index contributed by atoms with van der Waals surface area (Å²) in [5.41, 5.74) is 2.01. The number of amides is 1. The van der Waals surface area contributed by atoms with E-state index in [1.165, 1.54) is 12.1 Å². The van der Waals surface area contributed by atoms with Crippen molar-refractivity contribution in [3.63, 3.8) is 0 Å². The number of carbonyl (C=O) groups is 1. The fraction of sp³-hybridized carbons (Fsp3) is 0.400. The van der Waals surface area contributed by atoms with Crippen LogP contribution in [0.4, 0.5) is 10.2 Å². The first-order valence-corrected chi connectivity index (χ1v) is 9.57. The molecule has 1 saturated heterocycles. The topological polar surface area (TPSA) is 93.4 Å². The summed E-state index contributed by atoms with van der Waals surface area (Å²) in [6.07, 6.45) is 0.616. The van der Waals surface area contributed by atoms with E-state index in [0.717, 1.165) is 35.6 Å². The van der Waals surface area contributed by atoms with Gasteiger partial charge in [-0.2, -0.15) is 4.98 Å². The number of nitrogens with zero attached hydrogens (tertiary/aromatic N) is 4. The maximum atomic E-state index is 12.9. The van der Waals surface area contributed by atoms with Gasteiger partial charge in [-0.1, -0.05) is 17.3 Å². The average molecular weight is 399 g/mol. The number of morpholine rings is 1. The molecule has 29 heavy (non-hydrogen) atoms. The Labute approximate surface area is 167 Å². The van der Waals surface area contributed by atoms with Gasteiger partial charge >= 0.3 is 0 Å². The fourth-order valence-electron chi connectivity index (χ4n) is 3.24. The van der Waals surface area contributed by atoms with Crippen LogP contribution in [0.5, 0.6) is 0 Å². The normalized spacial score (nSPS) is 14.3. The molecule has 1 fully saturated rings. The number of anilines is 1. The lowest BCUT2D eigenvalue weighted by atomic mass is 10.2. The number of hydrogen-bond acceptors (Lipinski definition) is 7. The molecule has 1 aromatic carbocycles. The zero-order valence-electron chi connectivity index (χ0n) is 16.2. The molecule has 3 aromatic rings. The van der Waals surface area contributed by atoms with Crippen LogP contribution in [0.1, 0.15) is 23.5 Å². The summed E-state index contributed by atoms with van der Waals surface area (Å²) in [4.78, 5) is 23.5. The monoisotopic (exact) mass is 399 g/mol. The Hall–Kier alpha value is -3.07. The van der Waals surface area contributed by atoms with Crippen LogP contribution in [0, 0.1) is 12.7 Å². The third-order valence-electron chi connectivity index (χ3n) is 4.82. The molecular formula is C20H22FN5O3. The molecule has 0 saturated carbocycles. The predicted molar refractivity (Wildman–Crippen MR) is 104 cm³/mol. The minimum absolute atomic E-state index is 0.125. The van der Waals surface area contributed by atoms with Crippen LogP contribution in [-0.2, 0) is 22.5 Å². The lowest BCUT2D eigenvalue weighted by molar-refractivity contribution is -0.121. The van der Waals surface area contributed by atoms with Crippen molar-refractivity contribution in [2.24, 2.45) is 0 Å². The first-order valence-electron chi connectivity index (χ1n) is 9.57. The minimum atomic E-state index is -0.300. The summed E-state index contributed by atoms with van der Waals surface area (Å²) >= 11 is 0.